The van der Waals surface area contributed by atoms with Gasteiger partial charge in [0.1, 0.15) is 0 Å². The van der Waals surface area contributed by atoms with Crippen molar-refractivity contribution in [2.24, 2.45) is 5.73 Å². The molecule has 0 aromatic carbocycles. The summed E-state index contributed by atoms with van der Waals surface area (Å²) >= 11 is 1.39. The molecule has 72 valence electrons. The summed E-state index contributed by atoms with van der Waals surface area (Å²) in [6.07, 6.45) is 6.56. The van der Waals surface area contributed by atoms with Crippen LogP contribution < -0.4 is 5.73 Å². The zero-order valence-electron chi connectivity index (χ0n) is 7.88. The first-order chi connectivity index (χ1) is 5.72. The van der Waals surface area contributed by atoms with Gasteiger partial charge in [0.15, 0.2) is 0 Å². The van der Waals surface area contributed by atoms with E-state index in [1.54, 1.807) is 4.31 Å². The van der Waals surface area contributed by atoms with E-state index in [1.807, 2.05) is 6.26 Å². The molecule has 12 heavy (non-hydrogen) atoms. The van der Waals surface area contributed by atoms with Gasteiger partial charge in [0.25, 0.3) is 0 Å². The second kappa shape index (κ2) is 7.28. The molecule has 0 fully saturated rings. The van der Waals surface area contributed by atoms with Crippen LogP contribution in [0.15, 0.2) is 0 Å². The zero-order chi connectivity index (χ0) is 9.40. The fourth-order valence-electron chi connectivity index (χ4n) is 0.974. The number of carbonyl (C=O) groups is 1. The number of hydrogen-bond acceptors (Lipinski definition) is 2. The molecule has 0 atom stereocenters. The van der Waals surface area contributed by atoms with Gasteiger partial charge in [0, 0.05) is 12.8 Å². The van der Waals surface area contributed by atoms with Crippen LogP contribution in [0.4, 0.5) is 4.79 Å². The topological polar surface area (TPSA) is 46.3 Å². The Morgan fingerprint density at radius 3 is 2.50 bits per heavy atom. The lowest BCUT2D eigenvalue weighted by Gasteiger charge is -2.15. The van der Waals surface area contributed by atoms with Gasteiger partial charge in [-0.1, -0.05) is 26.2 Å². The Balaban J connectivity index is 3.38. The normalized spacial score (nSPS) is 9.83. The van der Waals surface area contributed by atoms with Crippen LogP contribution >= 0.6 is 11.9 Å². The summed E-state index contributed by atoms with van der Waals surface area (Å²) in [5.74, 6) is 0. The van der Waals surface area contributed by atoms with Gasteiger partial charge in [0.2, 0.25) is 0 Å². The summed E-state index contributed by atoms with van der Waals surface area (Å²) in [5.41, 5.74) is 5.13. The lowest BCUT2D eigenvalue weighted by Crippen LogP contribution is -2.30. The minimum atomic E-state index is -0.334. The number of nitrogens with two attached hydrogens (primary N) is 1. The predicted octanol–water partition coefficient (Wildman–Crippen LogP) is 2.23. The third-order valence-corrected chi connectivity index (χ3v) is 2.48. The van der Waals surface area contributed by atoms with Crippen LogP contribution in [0.2, 0.25) is 0 Å². The molecule has 0 aromatic heterocycles. The largest absolute Gasteiger partial charge is 0.351 e. The number of nitrogens with zero attached hydrogens (tertiary/aromatic N) is 1. The second-order valence-electron chi connectivity index (χ2n) is 2.68. The summed E-state index contributed by atoms with van der Waals surface area (Å²) in [6, 6.07) is -0.334. The number of amides is 2. The number of urea groups is 1. The van der Waals surface area contributed by atoms with E-state index in [0.717, 1.165) is 13.0 Å². The molecule has 4 heteroatoms. The van der Waals surface area contributed by atoms with Crippen LogP contribution in [0.3, 0.4) is 0 Å². The van der Waals surface area contributed by atoms with Crippen molar-refractivity contribution in [1.82, 2.24) is 4.31 Å². The maximum Gasteiger partial charge on any atom is 0.324 e. The van der Waals surface area contributed by atoms with E-state index in [4.69, 9.17) is 5.73 Å². The van der Waals surface area contributed by atoms with Crippen molar-refractivity contribution in [2.45, 2.75) is 32.6 Å². The fourth-order valence-corrected chi connectivity index (χ4v) is 1.47. The van der Waals surface area contributed by atoms with E-state index in [1.165, 1.54) is 31.2 Å². The van der Waals surface area contributed by atoms with Gasteiger partial charge < -0.3 is 5.73 Å². The monoisotopic (exact) mass is 190 g/mol. The van der Waals surface area contributed by atoms with Crippen molar-refractivity contribution in [3.8, 4) is 0 Å². The number of hydrogen-bond donors (Lipinski definition) is 1. The molecule has 0 heterocycles. The Bertz CT molecular complexity index is 130. The summed E-state index contributed by atoms with van der Waals surface area (Å²) in [4.78, 5) is 10.7. The fraction of sp³-hybridized carbons (Fsp3) is 0.875. The third-order valence-electron chi connectivity index (χ3n) is 1.68. The molecular formula is C8H18N2OS. The van der Waals surface area contributed by atoms with Crippen molar-refractivity contribution in [1.29, 1.82) is 0 Å². The van der Waals surface area contributed by atoms with Gasteiger partial charge >= 0.3 is 6.03 Å². The van der Waals surface area contributed by atoms with Crippen LogP contribution in [0.1, 0.15) is 32.6 Å². The molecule has 2 amide bonds. The highest BCUT2D eigenvalue weighted by Crippen LogP contribution is 2.07. The average Bonchev–Trinajstić information content (AvgIpc) is 2.04. The van der Waals surface area contributed by atoms with Gasteiger partial charge in [-0.05, 0) is 18.4 Å². The molecule has 0 radical (unpaired) electrons. The molecule has 2 N–H and O–H groups in total. The number of primary amides is 1. The second-order valence-corrected chi connectivity index (χ2v) is 3.49. The van der Waals surface area contributed by atoms with Gasteiger partial charge in [0.05, 0.1) is 0 Å². The third kappa shape index (κ3) is 5.29. The lowest BCUT2D eigenvalue weighted by atomic mass is 10.2. The van der Waals surface area contributed by atoms with Crippen molar-refractivity contribution < 1.29 is 4.79 Å². The summed E-state index contributed by atoms with van der Waals surface area (Å²) < 4.78 is 1.59. The average molecular weight is 190 g/mol. The van der Waals surface area contributed by atoms with Crippen LogP contribution in [0.5, 0.6) is 0 Å². The molecule has 0 saturated heterocycles. The Labute approximate surface area is 78.8 Å². The minimum absolute atomic E-state index is 0.334. The van der Waals surface area contributed by atoms with Crippen molar-refractivity contribution in [3.05, 3.63) is 0 Å². The van der Waals surface area contributed by atoms with Gasteiger partial charge in [-0.25, -0.2) is 4.79 Å². The summed E-state index contributed by atoms with van der Waals surface area (Å²) in [5, 5.41) is 0. The van der Waals surface area contributed by atoms with Crippen LogP contribution in [-0.4, -0.2) is 23.1 Å². The molecule has 0 rings (SSSR count). The Hall–Kier alpha value is -0.380. The molecule has 0 unspecified atom stereocenters. The van der Waals surface area contributed by atoms with E-state index >= 15 is 0 Å². The predicted molar refractivity (Wildman–Crippen MR) is 53.9 cm³/mol. The summed E-state index contributed by atoms with van der Waals surface area (Å²) in [7, 11) is 0. The van der Waals surface area contributed by atoms with Crippen LogP contribution in [0.25, 0.3) is 0 Å². The van der Waals surface area contributed by atoms with Crippen molar-refractivity contribution in [3.63, 3.8) is 0 Å². The number of rotatable bonds is 6. The van der Waals surface area contributed by atoms with Crippen LogP contribution in [-0.2, 0) is 0 Å². The van der Waals surface area contributed by atoms with E-state index in [-0.39, 0.29) is 6.03 Å². The van der Waals surface area contributed by atoms with Crippen molar-refractivity contribution in [2.75, 3.05) is 12.8 Å². The Kier molecular flexibility index (Phi) is 7.05. The Morgan fingerprint density at radius 1 is 1.42 bits per heavy atom. The molecular weight excluding hydrogens is 172 g/mol. The Morgan fingerprint density at radius 2 is 2.08 bits per heavy atom. The minimum Gasteiger partial charge on any atom is -0.351 e. The first-order valence-corrected chi connectivity index (χ1v) is 5.51. The maximum atomic E-state index is 10.7. The smallest absolute Gasteiger partial charge is 0.324 e. The first kappa shape index (κ1) is 11.6. The number of carbonyl (C=O) groups excluding carboxylic acids is 1. The SMILES string of the molecule is CCCCCCN(SC)C(N)=O. The van der Waals surface area contributed by atoms with E-state index in [9.17, 15) is 4.79 Å². The highest BCUT2D eigenvalue weighted by molar-refractivity contribution is 7.96. The molecule has 0 bridgehead atoms. The molecule has 0 aliphatic rings. The standard InChI is InChI=1S/C8H18N2OS/c1-3-4-5-6-7-10(12-2)8(9)11/h3-7H2,1-2H3,(H2,9,11). The van der Waals surface area contributed by atoms with E-state index in [2.05, 4.69) is 6.92 Å². The van der Waals surface area contributed by atoms with Gasteiger partial charge in [-0.3, -0.25) is 4.31 Å². The van der Waals surface area contributed by atoms with E-state index in [0.29, 0.717) is 0 Å². The quantitative estimate of drug-likeness (QED) is 0.515. The molecule has 0 saturated carbocycles. The van der Waals surface area contributed by atoms with Gasteiger partial charge in [-0.2, -0.15) is 0 Å². The highest BCUT2D eigenvalue weighted by atomic mass is 32.2. The first-order valence-electron chi connectivity index (χ1n) is 4.33. The van der Waals surface area contributed by atoms with E-state index < -0.39 is 0 Å². The molecule has 0 aliphatic carbocycles. The maximum absolute atomic E-state index is 10.7. The van der Waals surface area contributed by atoms with Crippen LogP contribution in [0, 0.1) is 0 Å². The van der Waals surface area contributed by atoms with Gasteiger partial charge in [-0.15, -0.1) is 0 Å². The zero-order valence-corrected chi connectivity index (χ0v) is 8.69. The molecule has 0 spiro atoms. The molecule has 0 aliphatic heterocycles. The highest BCUT2D eigenvalue weighted by Gasteiger charge is 2.05. The molecule has 0 aromatic rings. The lowest BCUT2D eigenvalue weighted by molar-refractivity contribution is 0.234. The molecule has 3 nitrogen and oxygen atoms in total. The van der Waals surface area contributed by atoms with Crippen molar-refractivity contribution >= 4 is 18.0 Å². The summed E-state index contributed by atoms with van der Waals surface area (Å²) in [6.45, 7) is 2.94. The number of unbranched alkanes of at least 4 members (excludes halogenated alkanes) is 3.